The van der Waals surface area contributed by atoms with E-state index in [0.29, 0.717) is 0 Å². The lowest BCUT2D eigenvalue weighted by Crippen LogP contribution is -2.56. The summed E-state index contributed by atoms with van der Waals surface area (Å²) in [5.74, 6) is -0.330. The van der Waals surface area contributed by atoms with Gasteiger partial charge in [-0.15, -0.1) is 5.10 Å². The molecule has 20 heavy (non-hydrogen) atoms. The molecule has 9 heteroatoms. The highest BCUT2D eigenvalue weighted by atomic mass is 16.7. The summed E-state index contributed by atoms with van der Waals surface area (Å²) in [6, 6.07) is -0.876. The predicted octanol–water partition coefficient (Wildman–Crippen LogP) is -1.89. The van der Waals surface area contributed by atoms with E-state index in [1.165, 1.54) is 25.0 Å². The minimum Gasteiger partial charge on any atom is -0.394 e. The number of carbonyl (C=O) groups excluding carboxylic acids is 1. The van der Waals surface area contributed by atoms with Crippen molar-refractivity contribution in [2.45, 2.75) is 37.6 Å². The van der Waals surface area contributed by atoms with Crippen molar-refractivity contribution in [3.05, 3.63) is 12.2 Å². The maximum Gasteiger partial charge on any atom is 0.216 e. The molecule has 5 atom stereocenters. The lowest BCUT2D eigenvalue weighted by atomic mass is 9.97. The highest BCUT2D eigenvalue weighted by molar-refractivity contribution is 5.89. The van der Waals surface area contributed by atoms with Crippen LogP contribution in [0.2, 0.25) is 0 Å². The van der Waals surface area contributed by atoms with E-state index in [9.17, 15) is 15.0 Å². The Hall–Kier alpha value is -1.39. The van der Waals surface area contributed by atoms with Crippen LogP contribution < -0.4 is 0 Å². The Morgan fingerprint density at radius 1 is 1.50 bits per heavy atom. The molecule has 1 fully saturated rings. The molecule has 2 heterocycles. The lowest BCUT2D eigenvalue weighted by Gasteiger charge is -2.41. The van der Waals surface area contributed by atoms with Crippen LogP contribution in [-0.2, 0) is 9.47 Å². The van der Waals surface area contributed by atoms with Gasteiger partial charge in [0.2, 0.25) is 5.82 Å². The zero-order valence-corrected chi connectivity index (χ0v) is 11.1. The minimum atomic E-state index is -1.30. The van der Waals surface area contributed by atoms with Gasteiger partial charge in [-0.3, -0.25) is 4.79 Å². The molecule has 1 saturated heterocycles. The number of rotatable bonds is 4. The summed E-state index contributed by atoms with van der Waals surface area (Å²) in [5, 5.41) is 33.1. The molecule has 1 aliphatic rings. The molecule has 0 aliphatic carbocycles. The molecule has 0 aromatic carbocycles. The van der Waals surface area contributed by atoms with Gasteiger partial charge in [0.1, 0.15) is 30.7 Å². The van der Waals surface area contributed by atoms with Crippen molar-refractivity contribution in [3.8, 4) is 0 Å². The number of aromatic nitrogens is 3. The molecule has 0 radical (unpaired) electrons. The minimum absolute atomic E-state index is 0.00850. The van der Waals surface area contributed by atoms with E-state index in [4.69, 9.17) is 14.6 Å². The molecule has 0 bridgehead atoms. The van der Waals surface area contributed by atoms with Crippen molar-refractivity contribution >= 4 is 5.78 Å². The molecular formula is C11H17N3O6. The van der Waals surface area contributed by atoms with E-state index in [2.05, 4.69) is 10.1 Å². The van der Waals surface area contributed by atoms with Gasteiger partial charge in [0.25, 0.3) is 0 Å². The second-order valence-electron chi connectivity index (χ2n) is 4.54. The Morgan fingerprint density at radius 3 is 2.70 bits per heavy atom. The number of hydrogen-bond acceptors (Lipinski definition) is 8. The second kappa shape index (κ2) is 5.94. The van der Waals surface area contributed by atoms with Gasteiger partial charge in [-0.05, 0) is 0 Å². The monoisotopic (exact) mass is 287 g/mol. The van der Waals surface area contributed by atoms with Crippen LogP contribution in [0.3, 0.4) is 0 Å². The Morgan fingerprint density at radius 2 is 2.20 bits per heavy atom. The largest absolute Gasteiger partial charge is 0.394 e. The van der Waals surface area contributed by atoms with Gasteiger partial charge >= 0.3 is 0 Å². The van der Waals surface area contributed by atoms with Crippen LogP contribution in [0.25, 0.3) is 0 Å². The lowest BCUT2D eigenvalue weighted by molar-refractivity contribution is -0.274. The molecule has 0 amide bonds. The first-order chi connectivity index (χ1) is 9.49. The maximum atomic E-state index is 11.2. The summed E-state index contributed by atoms with van der Waals surface area (Å²) >= 11 is 0. The van der Waals surface area contributed by atoms with Gasteiger partial charge in [-0.2, -0.15) is 0 Å². The Bertz CT molecular complexity index is 476. The molecule has 0 saturated carbocycles. The fraction of sp³-hybridized carbons (Fsp3) is 0.727. The Balaban J connectivity index is 2.29. The average Bonchev–Trinajstić information content (AvgIpc) is 2.91. The third kappa shape index (κ3) is 2.58. The van der Waals surface area contributed by atoms with Gasteiger partial charge in [-0.25, -0.2) is 9.67 Å². The quantitative estimate of drug-likeness (QED) is 0.548. The molecule has 112 valence electrons. The van der Waals surface area contributed by atoms with Crippen LogP contribution in [-0.4, -0.2) is 74.2 Å². The van der Waals surface area contributed by atoms with Crippen LogP contribution >= 0.6 is 0 Å². The highest BCUT2D eigenvalue weighted by Crippen LogP contribution is 2.30. The van der Waals surface area contributed by atoms with Gasteiger partial charge in [0, 0.05) is 14.0 Å². The molecule has 9 nitrogen and oxygen atoms in total. The van der Waals surface area contributed by atoms with Gasteiger partial charge in [0.15, 0.2) is 12.1 Å². The summed E-state index contributed by atoms with van der Waals surface area (Å²) in [6.45, 7) is 0.860. The van der Waals surface area contributed by atoms with Crippen molar-refractivity contribution in [3.63, 3.8) is 0 Å². The zero-order chi connectivity index (χ0) is 14.9. The number of nitrogens with zero attached hydrogens (tertiary/aromatic N) is 3. The number of Topliss-reactive ketones (excluding diaryl/α,β-unsaturated/α-hetero) is 1. The number of carbonyl (C=O) groups is 1. The topological polar surface area (TPSA) is 127 Å². The smallest absolute Gasteiger partial charge is 0.216 e. The van der Waals surface area contributed by atoms with Gasteiger partial charge in [0.05, 0.1) is 6.61 Å². The van der Waals surface area contributed by atoms with Crippen LogP contribution in [0.1, 0.15) is 23.6 Å². The average molecular weight is 287 g/mol. The first-order valence-corrected chi connectivity index (χ1v) is 6.07. The Labute approximate surface area is 114 Å². The fourth-order valence-corrected chi connectivity index (χ4v) is 2.12. The maximum absolute atomic E-state index is 11.2. The standard InChI is InChI=1S/C11H17N3O6/c1-5(16)10-12-4-14(13-10)7-9(18)8(17)6(3-15)20-11(7)19-2/h4,6-9,11,15,17-18H,3H2,1-2H3/t6-,7+,8-,9+,11+/m1/s1. The molecule has 3 N–H and O–H groups in total. The summed E-state index contributed by atoms with van der Waals surface area (Å²) < 4.78 is 11.7. The molecule has 2 rings (SSSR count). The SMILES string of the molecule is CO[C@H]1O[C@H](CO)[C@@H](O)[C@@H](O)[C@@H]1n1cnc(C(C)=O)n1. The van der Waals surface area contributed by atoms with Crippen LogP contribution in [0, 0.1) is 0 Å². The summed E-state index contributed by atoms with van der Waals surface area (Å²) in [7, 11) is 1.36. The van der Waals surface area contributed by atoms with Crippen LogP contribution in [0.4, 0.5) is 0 Å². The predicted molar refractivity (Wildman–Crippen MR) is 63.8 cm³/mol. The van der Waals surface area contributed by atoms with Gasteiger partial charge in [-0.1, -0.05) is 0 Å². The van der Waals surface area contributed by atoms with Crippen LogP contribution in [0.15, 0.2) is 6.33 Å². The number of aliphatic hydroxyl groups excluding tert-OH is 3. The second-order valence-corrected chi connectivity index (χ2v) is 4.54. The molecular weight excluding hydrogens is 270 g/mol. The zero-order valence-electron chi connectivity index (χ0n) is 11.1. The van der Waals surface area contributed by atoms with Crippen molar-refractivity contribution in [1.82, 2.24) is 14.8 Å². The van der Waals surface area contributed by atoms with Crippen molar-refractivity contribution in [1.29, 1.82) is 0 Å². The Kier molecular flexibility index (Phi) is 4.45. The summed E-state index contributed by atoms with van der Waals surface area (Å²) in [5.41, 5.74) is 0. The number of methoxy groups -OCH3 is 1. The molecule has 1 aromatic heterocycles. The molecule has 1 aromatic rings. The van der Waals surface area contributed by atoms with E-state index in [-0.39, 0.29) is 11.6 Å². The van der Waals surface area contributed by atoms with E-state index < -0.39 is 37.3 Å². The van der Waals surface area contributed by atoms with E-state index in [0.717, 1.165) is 0 Å². The first-order valence-electron chi connectivity index (χ1n) is 6.07. The molecule has 0 unspecified atom stereocenters. The third-order valence-corrected chi connectivity index (χ3v) is 3.21. The summed E-state index contributed by atoms with van der Waals surface area (Å²) in [4.78, 5) is 15.0. The van der Waals surface area contributed by atoms with Crippen molar-refractivity contribution in [2.75, 3.05) is 13.7 Å². The summed E-state index contributed by atoms with van der Waals surface area (Å²) in [6.07, 6.45) is -3.23. The number of ketones is 1. The van der Waals surface area contributed by atoms with E-state index in [1.807, 2.05) is 0 Å². The normalized spacial score (nSPS) is 34.1. The van der Waals surface area contributed by atoms with Crippen LogP contribution in [0.5, 0.6) is 0 Å². The fourth-order valence-electron chi connectivity index (χ4n) is 2.12. The molecule has 1 aliphatic heterocycles. The highest BCUT2D eigenvalue weighted by Gasteiger charge is 2.46. The van der Waals surface area contributed by atoms with E-state index in [1.54, 1.807) is 0 Å². The molecule has 0 spiro atoms. The van der Waals surface area contributed by atoms with E-state index >= 15 is 0 Å². The number of aliphatic hydroxyl groups is 3. The number of hydrogen-bond donors (Lipinski definition) is 3. The third-order valence-electron chi connectivity index (χ3n) is 3.21. The van der Waals surface area contributed by atoms with Crippen molar-refractivity contribution < 1.29 is 29.6 Å². The van der Waals surface area contributed by atoms with Crippen molar-refractivity contribution in [2.24, 2.45) is 0 Å². The van der Waals surface area contributed by atoms with Gasteiger partial charge < -0.3 is 24.8 Å². The number of ether oxygens (including phenoxy) is 2. The first kappa shape index (κ1) is 15.0.